The van der Waals surface area contributed by atoms with Crippen LogP contribution in [0.3, 0.4) is 0 Å². The lowest BCUT2D eigenvalue weighted by Gasteiger charge is -2.06. The maximum absolute atomic E-state index is 13.4. The Labute approximate surface area is 114 Å². The molecular formula is C11H5BrF2N2O3. The topological polar surface area (TPSA) is 65.3 Å². The van der Waals surface area contributed by atoms with E-state index in [2.05, 4.69) is 20.9 Å². The summed E-state index contributed by atoms with van der Waals surface area (Å²) in [5.41, 5.74) is -0.263. The Morgan fingerprint density at radius 1 is 1.32 bits per heavy atom. The van der Waals surface area contributed by atoms with Crippen LogP contribution in [0.4, 0.5) is 14.5 Å². The summed E-state index contributed by atoms with van der Waals surface area (Å²) in [6.45, 7) is 0. The van der Waals surface area contributed by atoms with E-state index in [1.54, 1.807) is 0 Å². The van der Waals surface area contributed by atoms with Gasteiger partial charge >= 0.3 is 0 Å². The van der Waals surface area contributed by atoms with Crippen LogP contribution in [0.1, 0.15) is 0 Å². The molecule has 0 unspecified atom stereocenters. The summed E-state index contributed by atoms with van der Waals surface area (Å²) in [5, 5.41) is 10.6. The number of nitro groups is 1. The van der Waals surface area contributed by atoms with Crippen molar-refractivity contribution in [3.63, 3.8) is 0 Å². The molecule has 0 aliphatic carbocycles. The molecule has 0 N–H and O–H groups in total. The lowest BCUT2D eigenvalue weighted by Crippen LogP contribution is -1.95. The molecule has 0 aliphatic rings. The molecule has 2 aromatic rings. The largest absolute Gasteiger partial charge is 0.436 e. The summed E-state index contributed by atoms with van der Waals surface area (Å²) in [4.78, 5) is 13.6. The lowest BCUT2D eigenvalue weighted by atomic mass is 10.3. The van der Waals surface area contributed by atoms with Gasteiger partial charge in [-0.2, -0.15) is 4.39 Å². The van der Waals surface area contributed by atoms with Gasteiger partial charge in [-0.1, -0.05) is 15.9 Å². The molecule has 1 aromatic carbocycles. The number of aromatic nitrogens is 1. The Bertz CT molecular complexity index is 652. The number of benzene rings is 1. The summed E-state index contributed by atoms with van der Waals surface area (Å²) in [7, 11) is 0. The summed E-state index contributed by atoms with van der Waals surface area (Å²) in [6, 6.07) is 4.30. The Morgan fingerprint density at radius 3 is 2.74 bits per heavy atom. The summed E-state index contributed by atoms with van der Waals surface area (Å²) >= 11 is 2.98. The molecule has 2 rings (SSSR count). The van der Waals surface area contributed by atoms with Crippen LogP contribution >= 0.6 is 15.9 Å². The van der Waals surface area contributed by atoms with E-state index in [1.165, 1.54) is 6.07 Å². The van der Waals surface area contributed by atoms with Gasteiger partial charge in [0.25, 0.3) is 5.69 Å². The molecule has 0 bridgehead atoms. The zero-order valence-electron chi connectivity index (χ0n) is 9.14. The molecule has 0 radical (unpaired) electrons. The van der Waals surface area contributed by atoms with E-state index in [0.717, 1.165) is 24.4 Å². The molecule has 0 saturated heterocycles. The summed E-state index contributed by atoms with van der Waals surface area (Å²) in [5.74, 6) is -2.92. The second-order valence-corrected chi connectivity index (χ2v) is 4.33. The van der Waals surface area contributed by atoms with Crippen LogP contribution in [-0.4, -0.2) is 9.91 Å². The highest BCUT2D eigenvalue weighted by molar-refractivity contribution is 9.10. The number of halogens is 3. The first-order valence-electron chi connectivity index (χ1n) is 4.90. The van der Waals surface area contributed by atoms with Crippen molar-refractivity contribution < 1.29 is 18.4 Å². The first-order chi connectivity index (χ1) is 8.97. The van der Waals surface area contributed by atoms with Crippen LogP contribution < -0.4 is 4.74 Å². The Morgan fingerprint density at radius 2 is 2.05 bits per heavy atom. The van der Waals surface area contributed by atoms with Crippen molar-refractivity contribution >= 4 is 21.6 Å². The zero-order valence-corrected chi connectivity index (χ0v) is 10.7. The third kappa shape index (κ3) is 3.02. The van der Waals surface area contributed by atoms with E-state index >= 15 is 0 Å². The van der Waals surface area contributed by atoms with E-state index in [0.29, 0.717) is 0 Å². The molecule has 1 heterocycles. The van der Waals surface area contributed by atoms with Gasteiger partial charge in [0.1, 0.15) is 0 Å². The number of ether oxygens (including phenoxy) is 1. The maximum Gasteiger partial charge on any atom is 0.276 e. The molecule has 0 saturated carbocycles. The first kappa shape index (κ1) is 13.3. The average molecular weight is 331 g/mol. The van der Waals surface area contributed by atoms with Crippen molar-refractivity contribution in [2.24, 2.45) is 0 Å². The third-order valence-corrected chi connectivity index (χ3v) is 2.56. The molecule has 19 heavy (non-hydrogen) atoms. The minimum atomic E-state index is -1.20. The third-order valence-electron chi connectivity index (χ3n) is 2.10. The van der Waals surface area contributed by atoms with Gasteiger partial charge in [-0.15, -0.1) is 0 Å². The predicted molar refractivity (Wildman–Crippen MR) is 65.0 cm³/mol. The first-order valence-corrected chi connectivity index (χ1v) is 5.69. The van der Waals surface area contributed by atoms with Gasteiger partial charge in [0, 0.05) is 16.7 Å². The van der Waals surface area contributed by atoms with Crippen LogP contribution in [0, 0.1) is 21.7 Å². The highest BCUT2D eigenvalue weighted by atomic mass is 79.9. The Hall–Kier alpha value is -2.09. The number of hydrogen-bond donors (Lipinski definition) is 0. The van der Waals surface area contributed by atoms with Crippen molar-refractivity contribution in [3.05, 3.63) is 56.7 Å². The van der Waals surface area contributed by atoms with E-state index in [-0.39, 0.29) is 16.0 Å². The smallest absolute Gasteiger partial charge is 0.276 e. The fraction of sp³-hybridized carbons (Fsp3) is 0. The molecule has 98 valence electrons. The van der Waals surface area contributed by atoms with Gasteiger partial charge in [0.05, 0.1) is 11.0 Å². The van der Waals surface area contributed by atoms with E-state index in [4.69, 9.17) is 4.74 Å². The van der Waals surface area contributed by atoms with Gasteiger partial charge in [-0.25, -0.2) is 9.37 Å². The summed E-state index contributed by atoms with van der Waals surface area (Å²) in [6.07, 6.45) is 1.14. The van der Waals surface area contributed by atoms with Crippen molar-refractivity contribution in [3.8, 4) is 11.6 Å². The SMILES string of the molecule is O=[N+]([O-])c1ccnc(Oc2cc(Br)cc(F)c2F)c1. The molecule has 0 aliphatic heterocycles. The predicted octanol–water partition coefficient (Wildman–Crippen LogP) is 3.82. The lowest BCUT2D eigenvalue weighted by molar-refractivity contribution is -0.385. The second-order valence-electron chi connectivity index (χ2n) is 3.41. The molecule has 8 heteroatoms. The van der Waals surface area contributed by atoms with Gasteiger partial charge in [-0.05, 0) is 12.1 Å². The van der Waals surface area contributed by atoms with Gasteiger partial charge in [0.2, 0.25) is 11.7 Å². The summed E-state index contributed by atoms with van der Waals surface area (Å²) < 4.78 is 31.9. The molecule has 0 amide bonds. The zero-order chi connectivity index (χ0) is 14.0. The fourth-order valence-electron chi connectivity index (χ4n) is 1.29. The maximum atomic E-state index is 13.4. The quantitative estimate of drug-likeness (QED) is 0.487. The second kappa shape index (κ2) is 5.27. The molecular weight excluding hydrogens is 326 g/mol. The van der Waals surface area contributed by atoms with Crippen molar-refractivity contribution in [1.82, 2.24) is 4.98 Å². The fourth-order valence-corrected chi connectivity index (χ4v) is 1.70. The van der Waals surface area contributed by atoms with Gasteiger partial charge in [0.15, 0.2) is 11.6 Å². The van der Waals surface area contributed by atoms with Crippen LogP contribution in [0.15, 0.2) is 34.9 Å². The number of hydrogen-bond acceptors (Lipinski definition) is 4. The van der Waals surface area contributed by atoms with Crippen LogP contribution in [-0.2, 0) is 0 Å². The van der Waals surface area contributed by atoms with Gasteiger partial charge < -0.3 is 4.74 Å². The Balaban J connectivity index is 2.36. The molecule has 0 atom stereocenters. The Kier molecular flexibility index (Phi) is 3.70. The minimum absolute atomic E-state index is 0.203. The standard InChI is InChI=1S/C11H5BrF2N2O3/c12-6-3-8(13)11(14)9(4-6)19-10-5-7(16(17)18)1-2-15-10/h1-5H. The van der Waals surface area contributed by atoms with Crippen molar-refractivity contribution in [2.75, 3.05) is 0 Å². The monoisotopic (exact) mass is 330 g/mol. The van der Waals surface area contributed by atoms with Crippen LogP contribution in [0.2, 0.25) is 0 Å². The molecule has 5 nitrogen and oxygen atoms in total. The normalized spacial score (nSPS) is 10.3. The van der Waals surface area contributed by atoms with E-state index in [9.17, 15) is 18.9 Å². The van der Waals surface area contributed by atoms with Crippen LogP contribution in [0.5, 0.6) is 11.6 Å². The van der Waals surface area contributed by atoms with Gasteiger partial charge in [-0.3, -0.25) is 10.1 Å². The minimum Gasteiger partial charge on any atom is -0.436 e. The highest BCUT2D eigenvalue weighted by Gasteiger charge is 2.14. The average Bonchev–Trinajstić information content (AvgIpc) is 2.35. The van der Waals surface area contributed by atoms with E-state index < -0.39 is 22.3 Å². The van der Waals surface area contributed by atoms with Crippen LogP contribution in [0.25, 0.3) is 0 Å². The number of pyridine rings is 1. The molecule has 0 spiro atoms. The number of nitrogens with zero attached hydrogens (tertiary/aromatic N) is 2. The molecule has 1 aromatic heterocycles. The van der Waals surface area contributed by atoms with Crippen molar-refractivity contribution in [1.29, 1.82) is 0 Å². The van der Waals surface area contributed by atoms with E-state index in [1.807, 2.05) is 0 Å². The highest BCUT2D eigenvalue weighted by Crippen LogP contribution is 2.29. The molecule has 0 fully saturated rings. The number of rotatable bonds is 3. The van der Waals surface area contributed by atoms with Crippen molar-refractivity contribution in [2.45, 2.75) is 0 Å².